The molecule has 4 aromatic rings. The first-order valence-electron chi connectivity index (χ1n) is 9.52. The van der Waals surface area contributed by atoms with Gasteiger partial charge in [0.15, 0.2) is 5.82 Å². The first kappa shape index (κ1) is 20.2. The summed E-state index contributed by atoms with van der Waals surface area (Å²) in [5, 5.41) is 17.7. The maximum Gasteiger partial charge on any atom is 0.223 e. The van der Waals surface area contributed by atoms with E-state index in [1.165, 1.54) is 22.7 Å². The highest BCUT2D eigenvalue weighted by Crippen LogP contribution is 2.48. The van der Waals surface area contributed by atoms with E-state index < -0.39 is 5.41 Å². The lowest BCUT2D eigenvalue weighted by atomic mass is 10.00. The third-order valence-electron chi connectivity index (χ3n) is 5.17. The van der Waals surface area contributed by atoms with Crippen molar-refractivity contribution in [2.45, 2.75) is 32.1 Å². The van der Waals surface area contributed by atoms with Crippen LogP contribution in [0.5, 0.6) is 0 Å². The van der Waals surface area contributed by atoms with Crippen LogP contribution in [-0.4, -0.2) is 21.0 Å². The number of Topliss-reactive ketones (excluding diaryl/α,β-unsaturated/α-hetero) is 1. The molecule has 1 saturated carbocycles. The molecule has 0 radical (unpaired) electrons. The normalized spacial score (nSPS) is 14.6. The zero-order chi connectivity index (χ0) is 21.6. The Labute approximate surface area is 189 Å². The van der Waals surface area contributed by atoms with Crippen LogP contribution >= 0.6 is 34.3 Å². The molecule has 10 heteroatoms. The van der Waals surface area contributed by atoms with Crippen molar-refractivity contribution in [1.29, 1.82) is 5.26 Å². The molecule has 0 bridgehead atoms. The predicted octanol–water partition coefficient (Wildman–Crippen LogP) is 5.60. The van der Waals surface area contributed by atoms with Crippen LogP contribution in [0.2, 0.25) is 4.34 Å². The number of aromatic nitrogens is 3. The maximum atomic E-state index is 15.1. The van der Waals surface area contributed by atoms with Crippen LogP contribution in [0.4, 0.5) is 4.39 Å². The highest BCUT2D eigenvalue weighted by molar-refractivity contribution is 7.20. The van der Waals surface area contributed by atoms with E-state index in [4.69, 9.17) is 21.3 Å². The minimum atomic E-state index is -0.488. The molecule has 1 fully saturated rings. The van der Waals surface area contributed by atoms with Crippen molar-refractivity contribution in [2.75, 3.05) is 0 Å². The summed E-state index contributed by atoms with van der Waals surface area (Å²) < 4.78 is 21.7. The number of hydrogen-bond acceptors (Lipinski definition) is 8. The van der Waals surface area contributed by atoms with Gasteiger partial charge in [-0.3, -0.25) is 4.79 Å². The maximum absolute atomic E-state index is 15.1. The Hall–Kier alpha value is -2.67. The molecule has 0 unspecified atom stereocenters. The summed E-state index contributed by atoms with van der Waals surface area (Å²) in [6.07, 6.45) is 2.01. The van der Waals surface area contributed by atoms with Crippen molar-refractivity contribution in [3.8, 4) is 16.5 Å². The zero-order valence-electron chi connectivity index (χ0n) is 16.0. The number of fused-ring (bicyclic) bond motifs is 1. The fraction of sp³-hybridized carbons (Fsp3) is 0.286. The highest BCUT2D eigenvalue weighted by atomic mass is 35.5. The Kier molecular flexibility index (Phi) is 5.08. The Morgan fingerprint density at radius 2 is 2.03 bits per heavy atom. The lowest BCUT2D eigenvalue weighted by Gasteiger charge is -2.01. The smallest absolute Gasteiger partial charge is 0.223 e. The van der Waals surface area contributed by atoms with E-state index in [0.29, 0.717) is 31.0 Å². The van der Waals surface area contributed by atoms with Gasteiger partial charge in [-0.05, 0) is 37.1 Å². The van der Waals surface area contributed by atoms with Gasteiger partial charge in [0.05, 0.1) is 38.9 Å². The van der Waals surface area contributed by atoms with Crippen LogP contribution in [0, 0.1) is 22.6 Å². The van der Waals surface area contributed by atoms with Crippen molar-refractivity contribution in [3.63, 3.8) is 0 Å². The number of ketones is 1. The number of thiophene rings is 1. The molecule has 0 N–H and O–H groups in total. The Bertz CT molecular complexity index is 1350. The van der Waals surface area contributed by atoms with Gasteiger partial charge in [0, 0.05) is 16.9 Å². The Balaban J connectivity index is 1.31. The summed E-state index contributed by atoms with van der Waals surface area (Å²) in [6.45, 7) is 0. The summed E-state index contributed by atoms with van der Waals surface area (Å²) in [6, 6.07) is 9.23. The van der Waals surface area contributed by atoms with E-state index in [-0.39, 0.29) is 36.8 Å². The van der Waals surface area contributed by atoms with Crippen molar-refractivity contribution >= 4 is 50.3 Å². The van der Waals surface area contributed by atoms with E-state index in [0.717, 1.165) is 17.7 Å². The quantitative estimate of drug-likeness (QED) is 0.347. The molecule has 5 rings (SSSR count). The Morgan fingerprint density at radius 1 is 1.23 bits per heavy atom. The minimum absolute atomic E-state index is 0.0115. The fourth-order valence-electron chi connectivity index (χ4n) is 3.38. The van der Waals surface area contributed by atoms with Gasteiger partial charge < -0.3 is 4.42 Å². The zero-order valence-corrected chi connectivity index (χ0v) is 18.4. The molecule has 6 nitrogen and oxygen atoms in total. The first-order valence-corrected chi connectivity index (χ1v) is 11.5. The third kappa shape index (κ3) is 4.11. The molecule has 156 valence electrons. The lowest BCUT2D eigenvalue weighted by Crippen LogP contribution is -2.10. The molecule has 3 aromatic heterocycles. The topological polar surface area (TPSA) is 92.7 Å². The van der Waals surface area contributed by atoms with Crippen LogP contribution in [0.3, 0.4) is 0 Å². The average Bonchev–Trinajstić information content (AvgIpc) is 3.07. The molecule has 0 saturated heterocycles. The van der Waals surface area contributed by atoms with Crippen LogP contribution < -0.4 is 0 Å². The SMILES string of the molecule is N#CC1(CC(=O)Cc2nnc(Cc3nc4ccc(-c5ccc(Cl)s5)c(F)c4s3)o2)CC1. The molecular formula is C21H14ClFN4O2S2. The number of thiazole rings is 1. The monoisotopic (exact) mass is 472 g/mol. The standard InChI is InChI=1S/C21H14ClFN4O2S2/c22-15-4-3-14(30-15)12-1-2-13-20(19(12)23)31-18(25-13)8-17-27-26-16(29-17)7-11(28)9-21(10-24)5-6-21/h1-4H,5-9H2. The van der Waals surface area contributed by atoms with Gasteiger partial charge in [-0.25, -0.2) is 9.37 Å². The predicted molar refractivity (Wildman–Crippen MR) is 116 cm³/mol. The molecule has 0 spiro atoms. The van der Waals surface area contributed by atoms with Crippen LogP contribution in [0.15, 0.2) is 28.7 Å². The summed E-state index contributed by atoms with van der Waals surface area (Å²) >= 11 is 8.53. The molecule has 0 amide bonds. The second-order valence-electron chi connectivity index (χ2n) is 7.54. The van der Waals surface area contributed by atoms with Crippen LogP contribution in [-0.2, 0) is 17.6 Å². The van der Waals surface area contributed by atoms with Gasteiger partial charge in [0.1, 0.15) is 10.8 Å². The number of halogens is 2. The molecular weight excluding hydrogens is 459 g/mol. The highest BCUT2D eigenvalue weighted by Gasteiger charge is 2.44. The van der Waals surface area contributed by atoms with Crippen LogP contribution in [0.1, 0.15) is 36.1 Å². The minimum Gasteiger partial charge on any atom is -0.424 e. The van der Waals surface area contributed by atoms with E-state index in [2.05, 4.69) is 21.3 Å². The van der Waals surface area contributed by atoms with Gasteiger partial charge in [-0.2, -0.15) is 5.26 Å². The summed E-state index contributed by atoms with van der Waals surface area (Å²) in [5.41, 5.74) is 0.562. The number of nitriles is 1. The molecule has 1 aliphatic rings. The molecule has 31 heavy (non-hydrogen) atoms. The van der Waals surface area contributed by atoms with Crippen molar-refractivity contribution < 1.29 is 13.6 Å². The number of carbonyl (C=O) groups excluding carboxylic acids is 1. The van der Waals surface area contributed by atoms with Crippen molar-refractivity contribution in [1.82, 2.24) is 15.2 Å². The Morgan fingerprint density at radius 3 is 2.74 bits per heavy atom. The van der Waals surface area contributed by atoms with Crippen LogP contribution in [0.25, 0.3) is 20.7 Å². The second kappa shape index (κ2) is 7.79. The van der Waals surface area contributed by atoms with Gasteiger partial charge in [0.25, 0.3) is 0 Å². The third-order valence-corrected chi connectivity index (χ3v) is 7.49. The number of rotatable bonds is 7. The van der Waals surface area contributed by atoms with E-state index in [1.807, 2.05) is 0 Å². The van der Waals surface area contributed by atoms with E-state index >= 15 is 4.39 Å². The average molecular weight is 473 g/mol. The van der Waals surface area contributed by atoms with Crippen molar-refractivity contribution in [3.05, 3.63) is 51.2 Å². The first-order chi connectivity index (χ1) is 14.9. The molecule has 3 heterocycles. The van der Waals surface area contributed by atoms with E-state index in [9.17, 15) is 4.79 Å². The number of carbonyl (C=O) groups is 1. The molecule has 1 aliphatic carbocycles. The number of hydrogen-bond donors (Lipinski definition) is 0. The lowest BCUT2D eigenvalue weighted by molar-refractivity contribution is -0.119. The summed E-state index contributed by atoms with van der Waals surface area (Å²) in [7, 11) is 0. The van der Waals surface area contributed by atoms with Crippen molar-refractivity contribution in [2.24, 2.45) is 5.41 Å². The molecule has 0 aliphatic heterocycles. The summed E-state index contributed by atoms with van der Waals surface area (Å²) in [5.74, 6) is 0.118. The molecule has 1 aromatic carbocycles. The van der Waals surface area contributed by atoms with Gasteiger partial charge >= 0.3 is 0 Å². The largest absolute Gasteiger partial charge is 0.424 e. The number of nitrogens with zero attached hydrogens (tertiary/aromatic N) is 4. The fourth-order valence-corrected chi connectivity index (χ4v) is 5.43. The van der Waals surface area contributed by atoms with E-state index in [1.54, 1.807) is 24.3 Å². The summed E-state index contributed by atoms with van der Waals surface area (Å²) in [4.78, 5) is 17.4. The number of benzene rings is 1. The molecule has 0 atom stereocenters. The van der Waals surface area contributed by atoms with Gasteiger partial charge in [-0.15, -0.1) is 32.9 Å². The van der Waals surface area contributed by atoms with Gasteiger partial charge in [-0.1, -0.05) is 11.6 Å². The second-order valence-corrected chi connectivity index (χ2v) is 10.3. The van der Waals surface area contributed by atoms with Gasteiger partial charge in [0.2, 0.25) is 11.8 Å².